The van der Waals surface area contributed by atoms with Crippen molar-refractivity contribution >= 4 is 28.0 Å². The van der Waals surface area contributed by atoms with Crippen molar-refractivity contribution in [1.29, 1.82) is 0 Å². The van der Waals surface area contributed by atoms with Gasteiger partial charge in [0.25, 0.3) is 5.91 Å². The molecule has 0 aliphatic heterocycles. The second-order valence-corrected chi connectivity index (χ2v) is 7.94. The first-order valence-electron chi connectivity index (χ1n) is 9.10. The van der Waals surface area contributed by atoms with Crippen molar-refractivity contribution < 1.29 is 31.7 Å². The van der Waals surface area contributed by atoms with Gasteiger partial charge in [-0.3, -0.25) is 10.1 Å². The molecule has 0 bridgehead atoms. The Bertz CT molecular complexity index is 1110. The molecule has 3 amide bonds. The van der Waals surface area contributed by atoms with Gasteiger partial charge < -0.3 is 14.2 Å². The number of ether oxygens (including phenoxy) is 1. The van der Waals surface area contributed by atoms with Crippen LogP contribution in [0.15, 0.2) is 60.0 Å². The molecule has 0 saturated heterocycles. The van der Waals surface area contributed by atoms with E-state index >= 15 is 0 Å². The maximum absolute atomic E-state index is 12.7. The molecule has 10 heteroatoms. The number of esters is 1. The zero-order chi connectivity index (χ0) is 23.0. The van der Waals surface area contributed by atoms with Gasteiger partial charge in [0.05, 0.1) is 0 Å². The Morgan fingerprint density at radius 1 is 1.10 bits per heavy atom. The van der Waals surface area contributed by atoms with Gasteiger partial charge in [0, 0.05) is 6.54 Å². The van der Waals surface area contributed by atoms with Crippen LogP contribution in [0.4, 0.5) is 4.79 Å². The Kier molecular flexibility index (Phi) is 7.92. The van der Waals surface area contributed by atoms with Gasteiger partial charge in [0.2, 0.25) is 0 Å². The van der Waals surface area contributed by atoms with Gasteiger partial charge in [-0.1, -0.05) is 30.3 Å². The van der Waals surface area contributed by atoms with Crippen LogP contribution in [-0.4, -0.2) is 39.5 Å². The number of benzene rings is 2. The first-order chi connectivity index (χ1) is 14.6. The molecule has 2 N–H and O–H groups in total. The average Bonchev–Trinajstić information content (AvgIpc) is 2.72. The molecule has 0 saturated carbocycles. The molecular formula is C21H22N2O7S. The molecule has 0 unspecified atom stereocenters. The molecular weight excluding hydrogens is 424 g/mol. The van der Waals surface area contributed by atoms with Crippen molar-refractivity contribution in [3.8, 4) is 5.75 Å². The predicted octanol–water partition coefficient (Wildman–Crippen LogP) is 2.24. The van der Waals surface area contributed by atoms with Gasteiger partial charge in [-0.05, 0) is 43.2 Å². The summed E-state index contributed by atoms with van der Waals surface area (Å²) in [6.45, 7) is 6.18. The van der Waals surface area contributed by atoms with Crippen LogP contribution >= 0.6 is 0 Å². The van der Waals surface area contributed by atoms with E-state index in [1.807, 2.05) is 5.32 Å². The molecule has 9 nitrogen and oxygen atoms in total. The lowest BCUT2D eigenvalue weighted by Crippen LogP contribution is -2.41. The first kappa shape index (κ1) is 23.6. The Morgan fingerprint density at radius 2 is 1.81 bits per heavy atom. The molecule has 0 aliphatic rings. The Balaban J connectivity index is 2.12. The standard InChI is InChI=1S/C21H22N2O7S/c1-4-11-22-21(26)23-19(24)13-29-20(25)16-7-5-6-8-17(16)30-31(27,28)18-12-14(2)9-10-15(18)3/h4-10,12H,1,11,13H2,2-3H3,(H2,22,23,24,26). The smallest absolute Gasteiger partial charge is 0.342 e. The van der Waals surface area contributed by atoms with E-state index in [-0.39, 0.29) is 22.8 Å². The number of hydrogen-bond acceptors (Lipinski definition) is 7. The molecule has 31 heavy (non-hydrogen) atoms. The number of carbonyl (C=O) groups is 3. The highest BCUT2D eigenvalue weighted by Crippen LogP contribution is 2.25. The van der Waals surface area contributed by atoms with Crippen LogP contribution < -0.4 is 14.8 Å². The van der Waals surface area contributed by atoms with E-state index in [0.29, 0.717) is 5.56 Å². The van der Waals surface area contributed by atoms with Crippen LogP contribution in [0.25, 0.3) is 0 Å². The summed E-state index contributed by atoms with van der Waals surface area (Å²) in [6.07, 6.45) is 1.42. The van der Waals surface area contributed by atoms with Crippen molar-refractivity contribution in [1.82, 2.24) is 10.6 Å². The van der Waals surface area contributed by atoms with Gasteiger partial charge in [0.15, 0.2) is 12.4 Å². The number of amides is 3. The van der Waals surface area contributed by atoms with Crippen molar-refractivity contribution in [3.05, 3.63) is 71.8 Å². The maximum Gasteiger partial charge on any atom is 0.342 e. The normalized spacial score (nSPS) is 10.6. The largest absolute Gasteiger partial charge is 0.452 e. The van der Waals surface area contributed by atoms with Gasteiger partial charge in [0.1, 0.15) is 10.5 Å². The van der Waals surface area contributed by atoms with Gasteiger partial charge >= 0.3 is 22.1 Å². The molecule has 0 spiro atoms. The summed E-state index contributed by atoms with van der Waals surface area (Å²) in [6, 6.07) is 9.67. The van der Waals surface area contributed by atoms with Crippen LogP contribution in [0, 0.1) is 13.8 Å². The van der Waals surface area contributed by atoms with Gasteiger partial charge in [-0.15, -0.1) is 6.58 Å². The number of para-hydroxylation sites is 1. The van der Waals surface area contributed by atoms with Crippen LogP contribution in [0.3, 0.4) is 0 Å². The first-order valence-corrected chi connectivity index (χ1v) is 10.5. The van der Waals surface area contributed by atoms with Crippen LogP contribution in [0.1, 0.15) is 21.5 Å². The highest BCUT2D eigenvalue weighted by atomic mass is 32.2. The summed E-state index contributed by atoms with van der Waals surface area (Å²) in [4.78, 5) is 35.5. The zero-order valence-corrected chi connectivity index (χ0v) is 17.8. The highest BCUT2D eigenvalue weighted by Gasteiger charge is 2.24. The molecule has 0 heterocycles. The summed E-state index contributed by atoms with van der Waals surface area (Å²) in [7, 11) is -4.23. The Hall–Kier alpha value is -3.66. The van der Waals surface area contributed by atoms with Crippen molar-refractivity contribution in [2.24, 2.45) is 0 Å². The lowest BCUT2D eigenvalue weighted by atomic mass is 10.2. The minimum atomic E-state index is -4.23. The summed E-state index contributed by atoms with van der Waals surface area (Å²) in [5.41, 5.74) is 1.01. The lowest BCUT2D eigenvalue weighted by molar-refractivity contribution is -0.123. The van der Waals surface area contributed by atoms with E-state index in [0.717, 1.165) is 5.56 Å². The molecule has 2 rings (SSSR count). The quantitative estimate of drug-likeness (QED) is 0.362. The number of imide groups is 1. The average molecular weight is 446 g/mol. The van der Waals surface area contributed by atoms with E-state index in [2.05, 4.69) is 11.9 Å². The summed E-state index contributed by atoms with van der Waals surface area (Å²) in [5, 5.41) is 4.29. The summed E-state index contributed by atoms with van der Waals surface area (Å²) >= 11 is 0. The maximum atomic E-state index is 12.7. The molecule has 0 aromatic heterocycles. The molecule has 0 radical (unpaired) electrons. The van der Waals surface area contributed by atoms with Gasteiger partial charge in [-0.25, -0.2) is 9.59 Å². The summed E-state index contributed by atoms with van der Waals surface area (Å²) in [5.74, 6) is -2.11. The molecule has 2 aromatic rings. The minimum absolute atomic E-state index is 0.0272. The topological polar surface area (TPSA) is 128 Å². The fraction of sp³-hybridized carbons (Fsp3) is 0.190. The number of aryl methyl sites for hydroxylation is 2. The summed E-state index contributed by atoms with van der Waals surface area (Å²) < 4.78 is 35.5. The van der Waals surface area contributed by atoms with Crippen LogP contribution in [-0.2, 0) is 19.6 Å². The third-order valence-electron chi connectivity index (χ3n) is 3.91. The van der Waals surface area contributed by atoms with Crippen LogP contribution in [0.5, 0.6) is 5.75 Å². The second kappa shape index (κ2) is 10.4. The second-order valence-electron chi connectivity index (χ2n) is 6.43. The molecule has 0 fully saturated rings. The van der Waals surface area contributed by atoms with E-state index < -0.39 is 34.6 Å². The number of urea groups is 1. The number of nitrogens with one attached hydrogen (secondary N) is 2. The Morgan fingerprint density at radius 3 is 2.52 bits per heavy atom. The number of hydrogen-bond donors (Lipinski definition) is 2. The zero-order valence-electron chi connectivity index (χ0n) is 17.0. The Labute approximate surface area is 180 Å². The van der Waals surface area contributed by atoms with E-state index in [4.69, 9.17) is 8.92 Å². The van der Waals surface area contributed by atoms with Crippen molar-refractivity contribution in [2.45, 2.75) is 18.7 Å². The van der Waals surface area contributed by atoms with Gasteiger partial charge in [-0.2, -0.15) is 8.42 Å². The third kappa shape index (κ3) is 6.68. The highest BCUT2D eigenvalue weighted by molar-refractivity contribution is 7.87. The van der Waals surface area contributed by atoms with Crippen molar-refractivity contribution in [3.63, 3.8) is 0 Å². The number of carbonyl (C=O) groups excluding carboxylic acids is 3. The minimum Gasteiger partial charge on any atom is -0.452 e. The number of rotatable bonds is 8. The predicted molar refractivity (Wildman–Crippen MR) is 112 cm³/mol. The monoisotopic (exact) mass is 446 g/mol. The molecule has 164 valence electrons. The van der Waals surface area contributed by atoms with E-state index in [1.54, 1.807) is 26.0 Å². The molecule has 0 aliphatic carbocycles. The molecule has 2 aromatic carbocycles. The molecule has 0 atom stereocenters. The van der Waals surface area contributed by atoms with E-state index in [9.17, 15) is 22.8 Å². The van der Waals surface area contributed by atoms with E-state index in [1.165, 1.54) is 36.4 Å². The SMILES string of the molecule is C=CCNC(=O)NC(=O)COC(=O)c1ccccc1OS(=O)(=O)c1cc(C)ccc1C. The van der Waals surface area contributed by atoms with Crippen LogP contribution in [0.2, 0.25) is 0 Å². The van der Waals surface area contributed by atoms with Crippen molar-refractivity contribution in [2.75, 3.05) is 13.2 Å². The third-order valence-corrected chi connectivity index (χ3v) is 5.29. The lowest BCUT2D eigenvalue weighted by Gasteiger charge is -2.13. The fourth-order valence-electron chi connectivity index (χ4n) is 2.43. The fourth-order valence-corrected chi connectivity index (χ4v) is 3.69.